The molecule has 2 unspecified atom stereocenters. The number of benzene rings is 2. The van der Waals surface area contributed by atoms with Gasteiger partial charge in [-0.15, -0.1) is 0 Å². The van der Waals surface area contributed by atoms with Gasteiger partial charge in [0.05, 0.1) is 17.6 Å². The zero-order chi connectivity index (χ0) is 26.4. The van der Waals surface area contributed by atoms with Gasteiger partial charge in [-0.3, -0.25) is 0 Å². The molecule has 0 radical (unpaired) electrons. The highest BCUT2D eigenvalue weighted by Gasteiger charge is 2.60. The summed E-state index contributed by atoms with van der Waals surface area (Å²) in [5, 5.41) is 13.0. The van der Waals surface area contributed by atoms with Gasteiger partial charge in [-0.1, -0.05) is 65.0 Å². The molecule has 0 fully saturated rings. The monoisotopic (exact) mass is 488 g/mol. The number of aliphatic hydroxyl groups excluding tert-OH is 1. The summed E-state index contributed by atoms with van der Waals surface area (Å²) in [6, 6.07) is 10.1. The van der Waals surface area contributed by atoms with E-state index in [9.17, 15) is 18.3 Å². The van der Waals surface area contributed by atoms with Gasteiger partial charge >= 0.3 is 6.18 Å². The number of aliphatic hydroxyl groups is 1. The molecule has 0 amide bonds. The standard InChI is InChI=1S/C29H36F3NO2/c1-9-12-21(29(30,31)32)17-33-16-20-15-24(26(3,4)5)22-13-10-11-14-23(22)25(20)27(6,18-35-8)28(33,7)19(2)34/h10-11,13-17H,2,9,12,18H2,1,3-8H3/p+1/b21-17+. The van der Waals surface area contributed by atoms with E-state index < -0.39 is 22.7 Å². The number of allylic oxidation sites excluding steroid dienone is 1. The predicted molar refractivity (Wildman–Crippen MR) is 137 cm³/mol. The molecule has 1 aliphatic heterocycles. The molecule has 1 aliphatic rings. The largest absolute Gasteiger partial charge is 0.506 e. The Morgan fingerprint density at radius 1 is 1.14 bits per heavy atom. The van der Waals surface area contributed by atoms with Crippen LogP contribution < -0.4 is 0 Å². The Bertz CT molecular complexity index is 1200. The van der Waals surface area contributed by atoms with Crippen LogP contribution in [0, 0.1) is 0 Å². The normalized spacial score (nSPS) is 23.3. The molecule has 0 aliphatic carbocycles. The first-order valence-corrected chi connectivity index (χ1v) is 12.0. The molecular formula is C29H37F3NO2+. The van der Waals surface area contributed by atoms with Gasteiger partial charge in [0.2, 0.25) is 5.54 Å². The molecular weight excluding hydrogens is 451 g/mol. The summed E-state index contributed by atoms with van der Waals surface area (Å²) in [6.45, 7) is 15.8. The minimum Gasteiger partial charge on any atom is -0.506 e. The molecule has 2 aromatic rings. The average molecular weight is 489 g/mol. The number of nitrogens with zero attached hydrogens (tertiary/aromatic N) is 1. The molecule has 35 heavy (non-hydrogen) atoms. The number of methoxy groups -OCH3 is 1. The minimum atomic E-state index is -4.49. The lowest BCUT2D eigenvalue weighted by atomic mass is 9.61. The molecule has 0 spiro atoms. The molecule has 2 atom stereocenters. The Morgan fingerprint density at radius 2 is 1.74 bits per heavy atom. The summed E-state index contributed by atoms with van der Waals surface area (Å²) in [5.74, 6) is -0.225. The fraction of sp³-hybridized carbons (Fsp3) is 0.483. The van der Waals surface area contributed by atoms with Gasteiger partial charge in [-0.05, 0) is 46.7 Å². The van der Waals surface area contributed by atoms with Crippen LogP contribution in [0.3, 0.4) is 0 Å². The molecule has 0 bridgehead atoms. The van der Waals surface area contributed by atoms with Gasteiger partial charge in [0.1, 0.15) is 0 Å². The van der Waals surface area contributed by atoms with Gasteiger partial charge in [0, 0.05) is 19.6 Å². The van der Waals surface area contributed by atoms with E-state index in [1.807, 2.05) is 25.1 Å². The van der Waals surface area contributed by atoms with Crippen molar-refractivity contribution < 1.29 is 27.6 Å². The first-order chi connectivity index (χ1) is 16.1. The molecule has 190 valence electrons. The van der Waals surface area contributed by atoms with Crippen LogP contribution in [0.5, 0.6) is 0 Å². The van der Waals surface area contributed by atoms with Crippen LogP contribution in [0.25, 0.3) is 10.8 Å². The summed E-state index contributed by atoms with van der Waals surface area (Å²) >= 11 is 0. The second kappa shape index (κ2) is 9.12. The zero-order valence-electron chi connectivity index (χ0n) is 21.8. The number of hydrogen-bond acceptors (Lipinski definition) is 2. The summed E-state index contributed by atoms with van der Waals surface area (Å²) in [6.07, 6.45) is -1.41. The van der Waals surface area contributed by atoms with Crippen LogP contribution in [0.2, 0.25) is 0 Å². The lowest BCUT2D eigenvalue weighted by Gasteiger charge is -2.45. The molecule has 1 N–H and O–H groups in total. The van der Waals surface area contributed by atoms with Gasteiger partial charge in [-0.2, -0.15) is 17.7 Å². The summed E-state index contributed by atoms with van der Waals surface area (Å²) in [7, 11) is 1.56. The number of halogens is 3. The van der Waals surface area contributed by atoms with E-state index in [-0.39, 0.29) is 24.2 Å². The first kappa shape index (κ1) is 27.0. The van der Waals surface area contributed by atoms with E-state index in [0.717, 1.165) is 33.7 Å². The van der Waals surface area contributed by atoms with Crippen LogP contribution in [-0.4, -0.2) is 41.3 Å². The maximum absolute atomic E-state index is 14.0. The maximum atomic E-state index is 14.0. The van der Waals surface area contributed by atoms with Crippen LogP contribution >= 0.6 is 0 Å². The Labute approximate surface area is 206 Å². The Hall–Kier alpha value is -2.60. The summed E-state index contributed by atoms with van der Waals surface area (Å²) < 4.78 is 49.0. The van der Waals surface area contributed by atoms with Crippen molar-refractivity contribution in [2.45, 2.75) is 76.9 Å². The predicted octanol–water partition coefficient (Wildman–Crippen LogP) is 7.56. The fourth-order valence-electron chi connectivity index (χ4n) is 5.39. The highest BCUT2D eigenvalue weighted by atomic mass is 19.4. The second-order valence-electron chi connectivity index (χ2n) is 10.9. The van der Waals surface area contributed by atoms with Gasteiger partial charge < -0.3 is 9.84 Å². The third-order valence-electron chi connectivity index (χ3n) is 7.48. The molecule has 3 rings (SSSR count). The average Bonchev–Trinajstić information content (AvgIpc) is 2.74. The molecule has 1 heterocycles. The van der Waals surface area contributed by atoms with Crippen molar-refractivity contribution in [3.63, 3.8) is 0 Å². The van der Waals surface area contributed by atoms with Crippen LogP contribution in [0.4, 0.5) is 13.2 Å². The summed E-state index contributed by atoms with van der Waals surface area (Å²) in [4.78, 5) is 0. The smallest absolute Gasteiger partial charge is 0.418 e. The van der Waals surface area contributed by atoms with E-state index in [2.05, 4.69) is 39.5 Å². The Kier molecular flexibility index (Phi) is 7.04. The van der Waals surface area contributed by atoms with Crippen molar-refractivity contribution in [1.29, 1.82) is 0 Å². The van der Waals surface area contributed by atoms with Crippen LogP contribution in [-0.2, 0) is 15.6 Å². The van der Waals surface area contributed by atoms with Crippen LogP contribution in [0.15, 0.2) is 54.4 Å². The summed E-state index contributed by atoms with van der Waals surface area (Å²) in [5.41, 5.74) is -0.233. The quantitative estimate of drug-likeness (QED) is 0.336. The van der Waals surface area contributed by atoms with E-state index in [1.54, 1.807) is 27.2 Å². The van der Waals surface area contributed by atoms with Crippen molar-refractivity contribution in [2.75, 3.05) is 13.7 Å². The molecule has 6 heteroatoms. The van der Waals surface area contributed by atoms with Gasteiger partial charge in [-0.25, -0.2) is 0 Å². The maximum Gasteiger partial charge on any atom is 0.418 e. The number of alkyl halides is 3. The third kappa shape index (κ3) is 4.42. The van der Waals surface area contributed by atoms with Gasteiger partial charge in [0.15, 0.2) is 18.2 Å². The van der Waals surface area contributed by atoms with Crippen molar-refractivity contribution in [1.82, 2.24) is 0 Å². The number of hydrogen-bond donors (Lipinski definition) is 1. The topological polar surface area (TPSA) is 32.5 Å². The lowest BCUT2D eigenvalue weighted by Crippen LogP contribution is -2.60. The Balaban J connectivity index is 2.55. The second-order valence-corrected chi connectivity index (χ2v) is 10.9. The van der Waals surface area contributed by atoms with Gasteiger partial charge in [0.25, 0.3) is 0 Å². The van der Waals surface area contributed by atoms with Crippen molar-refractivity contribution in [3.05, 3.63) is 71.1 Å². The first-order valence-electron chi connectivity index (χ1n) is 12.0. The fourth-order valence-corrected chi connectivity index (χ4v) is 5.39. The van der Waals surface area contributed by atoms with Crippen molar-refractivity contribution >= 4 is 17.0 Å². The molecule has 0 saturated carbocycles. The molecule has 0 saturated heterocycles. The lowest BCUT2D eigenvalue weighted by molar-refractivity contribution is -0.552. The van der Waals surface area contributed by atoms with E-state index in [0.29, 0.717) is 6.42 Å². The zero-order valence-corrected chi connectivity index (χ0v) is 21.8. The number of fused-ring (bicyclic) bond motifs is 3. The molecule has 3 nitrogen and oxygen atoms in total. The molecule has 0 aromatic heterocycles. The SMILES string of the molecule is C=C(O)C1(C)[N+](/C=C(\CCC)C(F)(F)F)=Cc2cc(C(C)(C)C)c3ccccc3c2C1(C)COC. The third-order valence-corrected chi connectivity index (χ3v) is 7.48. The highest BCUT2D eigenvalue weighted by molar-refractivity contribution is 5.98. The molecule has 2 aromatic carbocycles. The van der Waals surface area contributed by atoms with Crippen molar-refractivity contribution in [2.24, 2.45) is 0 Å². The minimum absolute atomic E-state index is 0.124. The van der Waals surface area contributed by atoms with Crippen molar-refractivity contribution in [3.8, 4) is 0 Å². The van der Waals surface area contributed by atoms with E-state index in [4.69, 9.17) is 4.74 Å². The number of rotatable bonds is 6. The Morgan fingerprint density at radius 3 is 2.23 bits per heavy atom. The van der Waals surface area contributed by atoms with Crippen LogP contribution in [0.1, 0.15) is 71.1 Å². The van der Waals surface area contributed by atoms with E-state index >= 15 is 0 Å². The number of ether oxygens (including phenoxy) is 1. The van der Waals surface area contributed by atoms with E-state index in [1.165, 1.54) is 4.58 Å². The highest BCUT2D eigenvalue weighted by Crippen LogP contribution is 2.49.